The molecule has 1 aromatic heterocycles. The monoisotopic (exact) mass is 437 g/mol. The van der Waals surface area contributed by atoms with Crippen LogP contribution in [0.25, 0.3) is 22.2 Å². The predicted octanol–water partition coefficient (Wildman–Crippen LogP) is 6.85. The molecule has 0 aliphatic heterocycles. The van der Waals surface area contributed by atoms with E-state index < -0.39 is 6.09 Å². The van der Waals surface area contributed by atoms with Gasteiger partial charge in [-0.1, -0.05) is 39.8 Å². The summed E-state index contributed by atoms with van der Waals surface area (Å²) in [5.41, 5.74) is 10.9. The van der Waals surface area contributed by atoms with Crippen molar-refractivity contribution in [3.63, 3.8) is 0 Å². The lowest BCUT2D eigenvalue weighted by Crippen LogP contribution is -2.21. The van der Waals surface area contributed by atoms with Gasteiger partial charge < -0.3 is 19.8 Å². The van der Waals surface area contributed by atoms with Crippen LogP contribution < -0.4 is 15.8 Å². The maximum absolute atomic E-state index is 12.1. The summed E-state index contributed by atoms with van der Waals surface area (Å²) >= 11 is 0. The average molecular weight is 438 g/mol. The minimum absolute atomic E-state index is 0.0789. The van der Waals surface area contributed by atoms with Crippen molar-refractivity contribution < 1.29 is 14.3 Å². The van der Waals surface area contributed by atoms with Gasteiger partial charge in [-0.05, 0) is 49.9 Å². The van der Waals surface area contributed by atoms with E-state index in [0.717, 1.165) is 40.0 Å². The largest absolute Gasteiger partial charge is 0.494 e. The highest BCUT2D eigenvalue weighted by molar-refractivity contribution is 6.01. The summed E-state index contributed by atoms with van der Waals surface area (Å²) in [5.74, 6) is 0.846. The third-order valence-electron chi connectivity index (χ3n) is 5.05. The Balaban J connectivity index is 1.90. The van der Waals surface area contributed by atoms with Crippen molar-refractivity contribution in [2.45, 2.75) is 54.0 Å². The first-order valence-corrected chi connectivity index (χ1v) is 11.2. The van der Waals surface area contributed by atoms with Gasteiger partial charge in [-0.15, -0.1) is 0 Å². The zero-order valence-electron chi connectivity index (χ0n) is 20.0. The number of hydrogen-bond donors (Lipinski definition) is 2. The number of nitrogens with zero attached hydrogens (tertiary/aromatic N) is 1. The Hall–Kier alpha value is -3.15. The molecule has 1 heterocycles. The van der Waals surface area contributed by atoms with Gasteiger partial charge in [0.1, 0.15) is 5.75 Å². The predicted molar refractivity (Wildman–Crippen MR) is 132 cm³/mol. The van der Waals surface area contributed by atoms with Crippen LogP contribution in [0.4, 0.5) is 16.2 Å². The second kappa shape index (κ2) is 9.55. The molecule has 172 valence electrons. The lowest BCUT2D eigenvalue weighted by atomic mass is 9.99. The van der Waals surface area contributed by atoms with Gasteiger partial charge in [0.15, 0.2) is 0 Å². The fraction of sp³-hybridized carbons (Fsp3) is 0.423. The lowest BCUT2D eigenvalue weighted by molar-refractivity contribution is 0.118. The Kier molecular flexibility index (Phi) is 7.02. The molecule has 0 spiro atoms. The highest BCUT2D eigenvalue weighted by Gasteiger charge is 2.19. The first-order chi connectivity index (χ1) is 15.1. The highest BCUT2D eigenvalue weighted by Crippen LogP contribution is 2.40. The minimum Gasteiger partial charge on any atom is -0.494 e. The van der Waals surface area contributed by atoms with Crippen LogP contribution in [0.3, 0.4) is 0 Å². The quantitative estimate of drug-likeness (QED) is 0.423. The number of anilines is 2. The molecule has 32 heavy (non-hydrogen) atoms. The van der Waals surface area contributed by atoms with Gasteiger partial charge in [-0.2, -0.15) is 0 Å². The summed E-state index contributed by atoms with van der Waals surface area (Å²) in [6, 6.07) is 13.9. The van der Waals surface area contributed by atoms with Gasteiger partial charge in [0.05, 0.1) is 30.1 Å². The summed E-state index contributed by atoms with van der Waals surface area (Å²) in [6.45, 7) is 13.5. The smallest absolute Gasteiger partial charge is 0.411 e. The number of carbonyl (C=O) groups is 1. The number of fused-ring (bicyclic) bond motifs is 1. The standard InChI is InChI=1S/C26H35N3O3/c1-7-14-31-20-12-13-21-22(15-20)29(17(2)3)24(23(21)27)18-8-10-19(11-9-18)28-25(30)32-16-26(4,5)6/h8-13,15,17H,7,14,16,27H2,1-6H3,(H,28,30). The Morgan fingerprint density at radius 1 is 1.12 bits per heavy atom. The molecule has 0 saturated carbocycles. The third-order valence-corrected chi connectivity index (χ3v) is 5.05. The Labute approximate surface area is 190 Å². The summed E-state index contributed by atoms with van der Waals surface area (Å²) in [7, 11) is 0. The number of carbonyl (C=O) groups excluding carboxylic acids is 1. The normalized spacial score (nSPS) is 11.7. The molecule has 6 nitrogen and oxygen atoms in total. The van der Waals surface area contributed by atoms with Crippen molar-refractivity contribution >= 4 is 28.4 Å². The van der Waals surface area contributed by atoms with E-state index >= 15 is 0 Å². The van der Waals surface area contributed by atoms with Crippen molar-refractivity contribution in [3.8, 4) is 17.0 Å². The maximum atomic E-state index is 12.1. The molecule has 0 unspecified atom stereocenters. The van der Waals surface area contributed by atoms with E-state index in [4.69, 9.17) is 15.2 Å². The van der Waals surface area contributed by atoms with E-state index in [0.29, 0.717) is 18.9 Å². The molecule has 0 aliphatic rings. The van der Waals surface area contributed by atoms with E-state index in [1.54, 1.807) is 0 Å². The van der Waals surface area contributed by atoms with Crippen molar-refractivity contribution in [2.75, 3.05) is 24.3 Å². The SMILES string of the molecule is CCCOc1ccc2c(N)c(-c3ccc(NC(=O)OCC(C)(C)C)cc3)n(C(C)C)c2c1. The topological polar surface area (TPSA) is 78.5 Å². The summed E-state index contributed by atoms with van der Waals surface area (Å²) in [5, 5.41) is 3.79. The van der Waals surface area contributed by atoms with Crippen molar-refractivity contribution in [1.82, 2.24) is 4.57 Å². The number of amides is 1. The van der Waals surface area contributed by atoms with Crippen molar-refractivity contribution in [1.29, 1.82) is 0 Å². The number of nitrogen functional groups attached to an aromatic ring is 1. The minimum atomic E-state index is -0.455. The second-order valence-corrected chi connectivity index (χ2v) is 9.59. The molecule has 3 rings (SSSR count). The number of benzene rings is 2. The molecular weight excluding hydrogens is 402 g/mol. The molecule has 0 radical (unpaired) electrons. The van der Waals surface area contributed by atoms with Crippen LogP contribution in [0, 0.1) is 5.41 Å². The average Bonchev–Trinajstić information content (AvgIpc) is 3.03. The zero-order chi connectivity index (χ0) is 23.5. The number of nitrogens with one attached hydrogen (secondary N) is 1. The van der Waals surface area contributed by atoms with Crippen molar-refractivity contribution in [2.24, 2.45) is 5.41 Å². The van der Waals surface area contributed by atoms with Gasteiger partial charge >= 0.3 is 6.09 Å². The Morgan fingerprint density at radius 2 is 1.81 bits per heavy atom. The molecule has 1 amide bonds. The molecule has 0 saturated heterocycles. The van der Waals surface area contributed by atoms with E-state index in [9.17, 15) is 4.79 Å². The third kappa shape index (κ3) is 5.36. The van der Waals surface area contributed by atoms with E-state index in [1.807, 2.05) is 57.2 Å². The van der Waals surface area contributed by atoms with Crippen LogP contribution in [0.5, 0.6) is 5.75 Å². The fourth-order valence-corrected chi connectivity index (χ4v) is 3.60. The Bertz CT molecular complexity index is 1080. The summed E-state index contributed by atoms with van der Waals surface area (Å²) < 4.78 is 13.4. The molecule has 0 bridgehead atoms. The molecule has 0 fully saturated rings. The van der Waals surface area contributed by atoms with Crippen LogP contribution in [-0.2, 0) is 4.74 Å². The number of ether oxygens (including phenoxy) is 2. The molecule has 3 N–H and O–H groups in total. The van der Waals surface area contributed by atoms with Crippen LogP contribution >= 0.6 is 0 Å². The highest BCUT2D eigenvalue weighted by atomic mass is 16.5. The van der Waals surface area contributed by atoms with Gasteiger partial charge in [0.25, 0.3) is 0 Å². The number of nitrogens with two attached hydrogens (primary N) is 1. The number of rotatable bonds is 7. The van der Waals surface area contributed by atoms with Crippen molar-refractivity contribution in [3.05, 3.63) is 42.5 Å². The van der Waals surface area contributed by atoms with Gasteiger partial charge in [-0.25, -0.2) is 4.79 Å². The first kappa shape index (κ1) is 23.5. The first-order valence-electron chi connectivity index (χ1n) is 11.2. The molecular formula is C26H35N3O3. The van der Waals surface area contributed by atoms with E-state index in [2.05, 4.69) is 36.7 Å². The van der Waals surface area contributed by atoms with Gasteiger partial charge in [0.2, 0.25) is 0 Å². The molecule has 0 atom stereocenters. The van der Waals surface area contributed by atoms with E-state index in [1.165, 1.54) is 0 Å². The molecule has 0 aliphatic carbocycles. The van der Waals surface area contributed by atoms with Gasteiger partial charge in [-0.3, -0.25) is 5.32 Å². The van der Waals surface area contributed by atoms with Crippen LogP contribution in [0.2, 0.25) is 0 Å². The molecule has 3 aromatic rings. The zero-order valence-corrected chi connectivity index (χ0v) is 20.0. The number of aromatic nitrogens is 1. The molecule has 2 aromatic carbocycles. The fourth-order valence-electron chi connectivity index (χ4n) is 3.60. The van der Waals surface area contributed by atoms with Crippen LogP contribution in [0.15, 0.2) is 42.5 Å². The Morgan fingerprint density at radius 3 is 2.41 bits per heavy atom. The van der Waals surface area contributed by atoms with E-state index in [-0.39, 0.29) is 11.5 Å². The van der Waals surface area contributed by atoms with Crippen LogP contribution in [0.1, 0.15) is 54.0 Å². The lowest BCUT2D eigenvalue weighted by Gasteiger charge is -2.18. The summed E-state index contributed by atoms with van der Waals surface area (Å²) in [4.78, 5) is 12.1. The maximum Gasteiger partial charge on any atom is 0.411 e. The molecule has 6 heteroatoms. The number of hydrogen-bond acceptors (Lipinski definition) is 4. The van der Waals surface area contributed by atoms with Crippen LogP contribution in [-0.4, -0.2) is 23.9 Å². The summed E-state index contributed by atoms with van der Waals surface area (Å²) in [6.07, 6.45) is 0.504. The second-order valence-electron chi connectivity index (χ2n) is 9.59. The van der Waals surface area contributed by atoms with Gasteiger partial charge in [0, 0.05) is 28.7 Å².